The van der Waals surface area contributed by atoms with Crippen LogP contribution in [-0.2, 0) is 6.42 Å². The Kier molecular flexibility index (Phi) is 4.21. The lowest BCUT2D eigenvalue weighted by molar-refractivity contribution is -0.127. The van der Waals surface area contributed by atoms with Crippen LogP contribution in [0.15, 0.2) is 18.2 Å². The molecule has 1 N–H and O–H groups in total. The molecule has 0 aromatic heterocycles. The van der Waals surface area contributed by atoms with Gasteiger partial charge in [-0.15, -0.1) is 0 Å². The summed E-state index contributed by atoms with van der Waals surface area (Å²) in [5.74, 6) is 0. The van der Waals surface area contributed by atoms with Crippen molar-refractivity contribution in [1.82, 2.24) is 4.90 Å². The van der Waals surface area contributed by atoms with Crippen molar-refractivity contribution >= 4 is 11.7 Å². The van der Waals surface area contributed by atoms with E-state index in [1.165, 1.54) is 31.1 Å². The fourth-order valence-corrected chi connectivity index (χ4v) is 1.40. The number of aryl methyl sites for hydroxylation is 1. The highest BCUT2D eigenvalue weighted by Gasteiger charge is 2.29. The average Bonchev–Trinajstić information content (AvgIpc) is 2.20. The van der Waals surface area contributed by atoms with Crippen LogP contribution in [0.5, 0.6) is 0 Å². The summed E-state index contributed by atoms with van der Waals surface area (Å²) < 4.78 is 37.2. The molecule has 1 rings (SSSR count). The molecule has 2 amide bonds. The molecule has 0 aliphatic rings. The molecule has 6 heteroatoms. The van der Waals surface area contributed by atoms with Crippen molar-refractivity contribution < 1.29 is 18.0 Å². The number of nitrogens with zero attached hydrogens (tertiary/aromatic N) is 1. The number of hydrogen-bond acceptors (Lipinski definition) is 1. The second kappa shape index (κ2) is 5.29. The smallest absolute Gasteiger partial charge is 0.331 e. The monoisotopic (exact) mass is 260 g/mol. The van der Waals surface area contributed by atoms with Crippen molar-refractivity contribution in [2.75, 3.05) is 19.4 Å². The first-order valence-electron chi connectivity index (χ1n) is 5.33. The first kappa shape index (κ1) is 14.3. The lowest BCUT2D eigenvalue weighted by Gasteiger charge is -2.16. The van der Waals surface area contributed by atoms with E-state index in [9.17, 15) is 18.0 Å². The third-order valence-electron chi connectivity index (χ3n) is 2.30. The summed E-state index contributed by atoms with van der Waals surface area (Å²) >= 11 is 0. The van der Waals surface area contributed by atoms with Crippen molar-refractivity contribution in [3.8, 4) is 0 Å². The van der Waals surface area contributed by atoms with Crippen molar-refractivity contribution in [3.63, 3.8) is 0 Å². The van der Waals surface area contributed by atoms with E-state index in [-0.39, 0.29) is 11.3 Å². The molecule has 0 atom stereocenters. The van der Waals surface area contributed by atoms with Gasteiger partial charge < -0.3 is 10.2 Å². The second-order valence-corrected chi connectivity index (χ2v) is 4.28. The zero-order valence-corrected chi connectivity index (χ0v) is 10.4. The Morgan fingerprint density at radius 1 is 1.33 bits per heavy atom. The molecule has 0 saturated carbocycles. The highest BCUT2D eigenvalue weighted by atomic mass is 19.4. The molecule has 3 nitrogen and oxygen atoms in total. The van der Waals surface area contributed by atoms with E-state index in [0.29, 0.717) is 0 Å². The molecule has 0 radical (unpaired) electrons. The standard InChI is InChI=1S/C12H15F3N2O/c1-8-4-5-9(7-12(13,14)15)10(6-8)16-11(18)17(2)3/h4-6H,7H2,1-3H3,(H,16,18). The molecule has 0 heterocycles. The number of urea groups is 1. The largest absolute Gasteiger partial charge is 0.393 e. The van der Waals surface area contributed by atoms with E-state index in [1.54, 1.807) is 13.0 Å². The molecule has 18 heavy (non-hydrogen) atoms. The number of rotatable bonds is 2. The summed E-state index contributed by atoms with van der Waals surface area (Å²) in [7, 11) is 3.04. The summed E-state index contributed by atoms with van der Waals surface area (Å²) in [5, 5.41) is 2.46. The van der Waals surface area contributed by atoms with Gasteiger partial charge in [-0.25, -0.2) is 4.79 Å². The van der Waals surface area contributed by atoms with Crippen LogP contribution in [0.2, 0.25) is 0 Å². The Hall–Kier alpha value is -1.72. The highest BCUT2D eigenvalue weighted by Crippen LogP contribution is 2.27. The number of carbonyl (C=O) groups is 1. The van der Waals surface area contributed by atoms with Gasteiger partial charge in [0.25, 0.3) is 0 Å². The third-order valence-corrected chi connectivity index (χ3v) is 2.30. The number of carbonyl (C=O) groups excluding carboxylic acids is 1. The number of benzene rings is 1. The number of amides is 2. The lowest BCUT2D eigenvalue weighted by Crippen LogP contribution is -2.28. The molecule has 0 aliphatic carbocycles. The molecule has 0 bridgehead atoms. The van der Waals surface area contributed by atoms with Gasteiger partial charge in [0.1, 0.15) is 0 Å². The van der Waals surface area contributed by atoms with Crippen molar-refractivity contribution in [3.05, 3.63) is 29.3 Å². The molecule has 0 saturated heterocycles. The van der Waals surface area contributed by atoms with E-state index in [1.807, 2.05) is 0 Å². The predicted molar refractivity (Wildman–Crippen MR) is 63.6 cm³/mol. The van der Waals surface area contributed by atoms with Crippen molar-refractivity contribution in [1.29, 1.82) is 0 Å². The fourth-order valence-electron chi connectivity index (χ4n) is 1.40. The maximum absolute atomic E-state index is 12.4. The molecule has 0 spiro atoms. The molecule has 0 fully saturated rings. The maximum Gasteiger partial charge on any atom is 0.393 e. The highest BCUT2D eigenvalue weighted by molar-refractivity contribution is 5.89. The summed E-state index contributed by atoms with van der Waals surface area (Å²) in [4.78, 5) is 12.7. The zero-order chi connectivity index (χ0) is 13.9. The Bertz CT molecular complexity index is 441. The normalized spacial score (nSPS) is 11.2. The number of nitrogens with one attached hydrogen (secondary N) is 1. The van der Waals surface area contributed by atoms with E-state index < -0.39 is 18.6 Å². The van der Waals surface area contributed by atoms with Crippen LogP contribution in [0.25, 0.3) is 0 Å². The van der Waals surface area contributed by atoms with Crippen LogP contribution in [0, 0.1) is 6.92 Å². The van der Waals surface area contributed by atoms with E-state index >= 15 is 0 Å². The number of halogens is 3. The van der Waals surface area contributed by atoms with E-state index in [4.69, 9.17) is 0 Å². The lowest BCUT2D eigenvalue weighted by atomic mass is 10.1. The van der Waals surface area contributed by atoms with Gasteiger partial charge in [-0.2, -0.15) is 13.2 Å². The minimum atomic E-state index is -4.30. The molecular formula is C12H15F3N2O. The van der Waals surface area contributed by atoms with Crippen LogP contribution in [0.3, 0.4) is 0 Å². The summed E-state index contributed by atoms with van der Waals surface area (Å²) in [6.45, 7) is 1.75. The van der Waals surface area contributed by atoms with Crippen LogP contribution in [-0.4, -0.2) is 31.2 Å². The van der Waals surface area contributed by atoms with Gasteiger partial charge in [-0.05, 0) is 24.1 Å². The SMILES string of the molecule is Cc1ccc(CC(F)(F)F)c(NC(=O)N(C)C)c1. The Balaban J connectivity index is 3.00. The van der Waals surface area contributed by atoms with E-state index in [0.717, 1.165) is 5.56 Å². The average molecular weight is 260 g/mol. The predicted octanol–water partition coefficient (Wildman–Crippen LogP) is 3.19. The molecule has 0 aliphatic heterocycles. The number of alkyl halides is 3. The van der Waals surface area contributed by atoms with Gasteiger partial charge in [0, 0.05) is 19.8 Å². The zero-order valence-electron chi connectivity index (χ0n) is 10.4. The van der Waals surface area contributed by atoms with Gasteiger partial charge in [-0.3, -0.25) is 0 Å². The third kappa shape index (κ3) is 4.27. The topological polar surface area (TPSA) is 32.3 Å². The van der Waals surface area contributed by atoms with Crippen LogP contribution < -0.4 is 5.32 Å². The van der Waals surface area contributed by atoms with Crippen molar-refractivity contribution in [2.24, 2.45) is 0 Å². The fraction of sp³-hybridized carbons (Fsp3) is 0.417. The molecular weight excluding hydrogens is 245 g/mol. The molecule has 100 valence electrons. The first-order valence-corrected chi connectivity index (χ1v) is 5.33. The minimum absolute atomic E-state index is 0.0586. The van der Waals surface area contributed by atoms with E-state index in [2.05, 4.69) is 5.32 Å². The summed E-state index contributed by atoms with van der Waals surface area (Å²) in [5.41, 5.74) is 1.05. The van der Waals surface area contributed by atoms with Gasteiger partial charge in [0.15, 0.2) is 0 Å². The quantitative estimate of drug-likeness (QED) is 0.870. The second-order valence-electron chi connectivity index (χ2n) is 4.28. The van der Waals surface area contributed by atoms with Gasteiger partial charge in [0.2, 0.25) is 0 Å². The minimum Gasteiger partial charge on any atom is -0.331 e. The van der Waals surface area contributed by atoms with Gasteiger partial charge in [-0.1, -0.05) is 12.1 Å². The maximum atomic E-state index is 12.4. The summed E-state index contributed by atoms with van der Waals surface area (Å²) in [6.07, 6.45) is -5.36. The molecule has 1 aromatic carbocycles. The summed E-state index contributed by atoms with van der Waals surface area (Å²) in [6, 6.07) is 4.05. The molecule has 0 unspecified atom stereocenters. The van der Waals surface area contributed by atoms with Crippen LogP contribution in [0.1, 0.15) is 11.1 Å². The van der Waals surface area contributed by atoms with Gasteiger partial charge >= 0.3 is 12.2 Å². The van der Waals surface area contributed by atoms with Gasteiger partial charge in [0.05, 0.1) is 6.42 Å². The Morgan fingerprint density at radius 2 is 1.94 bits per heavy atom. The van der Waals surface area contributed by atoms with Crippen molar-refractivity contribution in [2.45, 2.75) is 19.5 Å². The number of hydrogen-bond donors (Lipinski definition) is 1. The molecule has 1 aromatic rings. The Labute approximate surface area is 104 Å². The van der Waals surface area contributed by atoms with Crippen LogP contribution >= 0.6 is 0 Å². The first-order chi connectivity index (χ1) is 8.19. The Morgan fingerprint density at radius 3 is 2.44 bits per heavy atom. The van der Waals surface area contributed by atoms with Crippen LogP contribution in [0.4, 0.5) is 23.7 Å². The number of anilines is 1.